The van der Waals surface area contributed by atoms with E-state index in [1.807, 2.05) is 38.1 Å². The Balaban J connectivity index is 2.58. The second kappa shape index (κ2) is 4.82. The van der Waals surface area contributed by atoms with Gasteiger partial charge in [0.25, 0.3) is 0 Å². The molecule has 0 spiro atoms. The molecular formula is C15H15BrFN. The Bertz CT molecular complexity index is 578. The maximum Gasteiger partial charge on any atom is 0.123 e. The first-order valence-electron chi connectivity index (χ1n) is 5.73. The largest absolute Gasteiger partial charge is 0.318 e. The molecular weight excluding hydrogens is 293 g/mol. The molecule has 0 radical (unpaired) electrons. The first-order chi connectivity index (χ1) is 8.43. The van der Waals surface area contributed by atoms with Gasteiger partial charge < -0.3 is 5.73 Å². The highest BCUT2D eigenvalue weighted by atomic mass is 79.9. The molecule has 2 N–H and O–H groups in total. The van der Waals surface area contributed by atoms with E-state index in [0.29, 0.717) is 0 Å². The van der Waals surface area contributed by atoms with Gasteiger partial charge in [-0.3, -0.25) is 0 Å². The summed E-state index contributed by atoms with van der Waals surface area (Å²) in [5, 5.41) is 0. The van der Waals surface area contributed by atoms with Gasteiger partial charge in [0, 0.05) is 4.47 Å². The van der Waals surface area contributed by atoms with Gasteiger partial charge in [0.05, 0.1) is 5.54 Å². The van der Waals surface area contributed by atoms with E-state index in [2.05, 4.69) is 15.9 Å². The van der Waals surface area contributed by atoms with Gasteiger partial charge in [0.15, 0.2) is 0 Å². The fourth-order valence-electron chi connectivity index (χ4n) is 2.24. The Kier molecular flexibility index (Phi) is 3.55. The van der Waals surface area contributed by atoms with Crippen LogP contribution in [0.2, 0.25) is 0 Å². The SMILES string of the molecule is Cc1cc(F)ccc1C(C)(N)c1ccccc1Br. The van der Waals surface area contributed by atoms with Crippen molar-refractivity contribution in [1.29, 1.82) is 0 Å². The van der Waals surface area contributed by atoms with E-state index in [1.165, 1.54) is 12.1 Å². The summed E-state index contributed by atoms with van der Waals surface area (Å²) in [6, 6.07) is 12.5. The molecule has 0 saturated heterocycles. The number of rotatable bonds is 2. The normalized spacial score (nSPS) is 14.3. The van der Waals surface area contributed by atoms with Crippen LogP contribution < -0.4 is 5.73 Å². The topological polar surface area (TPSA) is 26.0 Å². The summed E-state index contributed by atoms with van der Waals surface area (Å²) >= 11 is 3.51. The van der Waals surface area contributed by atoms with E-state index in [1.54, 1.807) is 6.07 Å². The molecule has 0 aromatic heterocycles. The number of benzene rings is 2. The predicted octanol–water partition coefficient (Wildman–Crippen LogP) is 4.12. The number of halogens is 2. The van der Waals surface area contributed by atoms with Gasteiger partial charge >= 0.3 is 0 Å². The lowest BCUT2D eigenvalue weighted by Crippen LogP contribution is -2.35. The first-order valence-corrected chi connectivity index (χ1v) is 6.53. The van der Waals surface area contributed by atoms with Crippen molar-refractivity contribution in [3.05, 3.63) is 69.4 Å². The molecule has 94 valence electrons. The maximum atomic E-state index is 13.2. The van der Waals surface area contributed by atoms with Crippen molar-refractivity contribution >= 4 is 15.9 Å². The van der Waals surface area contributed by atoms with Crippen LogP contribution in [0.3, 0.4) is 0 Å². The zero-order valence-corrected chi connectivity index (χ0v) is 12.0. The van der Waals surface area contributed by atoms with E-state index in [0.717, 1.165) is 21.2 Å². The molecule has 0 fully saturated rings. The Morgan fingerprint density at radius 3 is 2.39 bits per heavy atom. The fourth-order valence-corrected chi connectivity index (χ4v) is 2.93. The third-order valence-electron chi connectivity index (χ3n) is 3.18. The highest BCUT2D eigenvalue weighted by Gasteiger charge is 2.27. The minimum atomic E-state index is -0.655. The Morgan fingerprint density at radius 2 is 1.78 bits per heavy atom. The van der Waals surface area contributed by atoms with Crippen LogP contribution in [0.4, 0.5) is 4.39 Å². The summed E-state index contributed by atoms with van der Waals surface area (Å²) in [5.74, 6) is -0.237. The van der Waals surface area contributed by atoms with Crippen LogP contribution in [-0.2, 0) is 5.54 Å². The molecule has 1 unspecified atom stereocenters. The fraction of sp³-hybridized carbons (Fsp3) is 0.200. The third kappa shape index (κ3) is 2.33. The zero-order valence-electron chi connectivity index (χ0n) is 10.4. The molecule has 0 heterocycles. The highest BCUT2D eigenvalue weighted by Crippen LogP contribution is 2.33. The lowest BCUT2D eigenvalue weighted by Gasteiger charge is -2.28. The smallest absolute Gasteiger partial charge is 0.123 e. The minimum Gasteiger partial charge on any atom is -0.318 e. The van der Waals surface area contributed by atoms with Crippen LogP contribution in [0, 0.1) is 12.7 Å². The van der Waals surface area contributed by atoms with Crippen molar-refractivity contribution in [2.45, 2.75) is 19.4 Å². The monoisotopic (exact) mass is 307 g/mol. The number of hydrogen-bond acceptors (Lipinski definition) is 1. The molecule has 0 bridgehead atoms. The third-order valence-corrected chi connectivity index (χ3v) is 3.87. The van der Waals surface area contributed by atoms with E-state index in [-0.39, 0.29) is 5.82 Å². The molecule has 1 atom stereocenters. The van der Waals surface area contributed by atoms with Crippen LogP contribution in [-0.4, -0.2) is 0 Å². The molecule has 0 saturated carbocycles. The van der Waals surface area contributed by atoms with Crippen molar-refractivity contribution in [2.75, 3.05) is 0 Å². The summed E-state index contributed by atoms with van der Waals surface area (Å²) in [7, 11) is 0. The van der Waals surface area contributed by atoms with Crippen molar-refractivity contribution in [2.24, 2.45) is 5.73 Å². The number of aryl methyl sites for hydroxylation is 1. The second-order valence-corrected chi connectivity index (χ2v) is 5.50. The van der Waals surface area contributed by atoms with E-state index in [4.69, 9.17) is 5.73 Å². The van der Waals surface area contributed by atoms with E-state index in [9.17, 15) is 4.39 Å². The van der Waals surface area contributed by atoms with Gasteiger partial charge in [-0.15, -0.1) is 0 Å². The van der Waals surface area contributed by atoms with Crippen LogP contribution in [0.15, 0.2) is 46.9 Å². The molecule has 2 rings (SSSR count). The molecule has 1 nitrogen and oxygen atoms in total. The average molecular weight is 308 g/mol. The summed E-state index contributed by atoms with van der Waals surface area (Å²) in [6.45, 7) is 3.81. The van der Waals surface area contributed by atoms with Crippen molar-refractivity contribution in [3.63, 3.8) is 0 Å². The number of hydrogen-bond donors (Lipinski definition) is 1. The summed E-state index contributed by atoms with van der Waals surface area (Å²) < 4.78 is 14.1. The molecule has 2 aromatic carbocycles. The van der Waals surface area contributed by atoms with Crippen LogP contribution in [0.1, 0.15) is 23.6 Å². The Morgan fingerprint density at radius 1 is 1.11 bits per heavy atom. The zero-order chi connectivity index (χ0) is 13.3. The van der Waals surface area contributed by atoms with Crippen LogP contribution in [0.25, 0.3) is 0 Å². The Hall–Kier alpha value is -1.19. The lowest BCUT2D eigenvalue weighted by molar-refractivity contribution is 0.586. The summed E-state index contributed by atoms with van der Waals surface area (Å²) in [5.41, 5.74) is 8.57. The molecule has 0 aliphatic carbocycles. The molecule has 0 amide bonds. The van der Waals surface area contributed by atoms with E-state index < -0.39 is 5.54 Å². The van der Waals surface area contributed by atoms with Gasteiger partial charge in [-0.05, 0) is 48.7 Å². The molecule has 0 aliphatic rings. The molecule has 18 heavy (non-hydrogen) atoms. The van der Waals surface area contributed by atoms with Crippen molar-refractivity contribution in [3.8, 4) is 0 Å². The standard InChI is InChI=1S/C15H15BrFN/c1-10-9-11(17)7-8-12(10)15(2,18)13-5-3-4-6-14(13)16/h3-9H,18H2,1-2H3. The quantitative estimate of drug-likeness (QED) is 0.887. The predicted molar refractivity (Wildman–Crippen MR) is 75.9 cm³/mol. The Labute approximate surface area is 115 Å². The second-order valence-electron chi connectivity index (χ2n) is 4.64. The van der Waals surface area contributed by atoms with Gasteiger partial charge in [0.2, 0.25) is 0 Å². The van der Waals surface area contributed by atoms with E-state index >= 15 is 0 Å². The van der Waals surface area contributed by atoms with Gasteiger partial charge in [-0.2, -0.15) is 0 Å². The van der Waals surface area contributed by atoms with Gasteiger partial charge in [-0.25, -0.2) is 4.39 Å². The van der Waals surface area contributed by atoms with Crippen LogP contribution in [0.5, 0.6) is 0 Å². The first kappa shape index (κ1) is 13.2. The summed E-state index contributed by atoms with van der Waals surface area (Å²) in [4.78, 5) is 0. The lowest BCUT2D eigenvalue weighted by atomic mass is 9.83. The molecule has 2 aromatic rings. The summed E-state index contributed by atoms with van der Waals surface area (Å²) in [6.07, 6.45) is 0. The van der Waals surface area contributed by atoms with Crippen LogP contribution >= 0.6 is 15.9 Å². The van der Waals surface area contributed by atoms with Gasteiger partial charge in [0.1, 0.15) is 5.82 Å². The molecule has 0 aliphatic heterocycles. The average Bonchev–Trinajstić information content (AvgIpc) is 2.28. The van der Waals surface area contributed by atoms with Crippen molar-refractivity contribution in [1.82, 2.24) is 0 Å². The number of nitrogens with two attached hydrogens (primary N) is 1. The van der Waals surface area contributed by atoms with Gasteiger partial charge in [-0.1, -0.05) is 40.2 Å². The minimum absolute atomic E-state index is 0.237. The highest BCUT2D eigenvalue weighted by molar-refractivity contribution is 9.10. The van der Waals surface area contributed by atoms with Crippen molar-refractivity contribution < 1.29 is 4.39 Å². The molecule has 3 heteroatoms. The maximum absolute atomic E-state index is 13.2.